The van der Waals surface area contributed by atoms with Gasteiger partial charge in [-0.15, -0.1) is 0 Å². The van der Waals surface area contributed by atoms with Crippen LogP contribution >= 0.6 is 0 Å². The van der Waals surface area contributed by atoms with Crippen molar-refractivity contribution in [3.8, 4) is 11.8 Å². The van der Waals surface area contributed by atoms with Crippen molar-refractivity contribution in [2.24, 2.45) is 0 Å². The van der Waals surface area contributed by atoms with E-state index in [4.69, 9.17) is 5.11 Å². The minimum Gasteiger partial charge on any atom is -0.481 e. The van der Waals surface area contributed by atoms with E-state index in [2.05, 4.69) is 21.3 Å². The Morgan fingerprint density at radius 1 is 0.935 bits per heavy atom. The zero-order valence-electron chi connectivity index (χ0n) is 26.7. The van der Waals surface area contributed by atoms with Gasteiger partial charge in [0.25, 0.3) is 20.2 Å². The Bertz CT molecular complexity index is 2010. The van der Waals surface area contributed by atoms with Crippen molar-refractivity contribution in [1.29, 1.82) is 0 Å². The molecule has 0 fully saturated rings. The number of aliphatic carboxylic acids is 1. The molecular formula is C34H39N2O8S2+. The molecule has 2 aromatic rings. The van der Waals surface area contributed by atoms with E-state index in [1.807, 2.05) is 65.8 Å². The highest BCUT2D eigenvalue weighted by Crippen LogP contribution is 2.48. The molecule has 46 heavy (non-hydrogen) atoms. The van der Waals surface area contributed by atoms with E-state index in [0.717, 1.165) is 33.9 Å². The minimum atomic E-state index is -4.39. The van der Waals surface area contributed by atoms with Gasteiger partial charge in [0.05, 0.1) is 21.6 Å². The highest BCUT2D eigenvalue weighted by Gasteiger charge is 2.44. The van der Waals surface area contributed by atoms with E-state index in [-0.39, 0.29) is 22.6 Å². The summed E-state index contributed by atoms with van der Waals surface area (Å²) in [6.07, 6.45) is 7.55. The van der Waals surface area contributed by atoms with Gasteiger partial charge in [-0.2, -0.15) is 21.4 Å². The molecule has 12 heteroatoms. The standard InChI is InChI=1S/C34H38N2O8S2/c1-7-35-28-17-15-24(45(39,40)41)21-26(28)33(3,4)30(35)19-13-23(11-9-10-12-32(37)38)14-20-31-34(5,6)27-22-25(46(42,43)44)16-18-29(27)36(31)8-2/h13-22H,7-8,10,12H2,1-6H3,(H2-,37,38,39,40,41,42,43,44)/p+1. The molecule has 0 aliphatic carbocycles. The lowest BCUT2D eigenvalue weighted by molar-refractivity contribution is -0.433. The lowest BCUT2D eigenvalue weighted by Gasteiger charge is -2.25. The molecule has 2 heterocycles. The first kappa shape index (κ1) is 34.8. The molecule has 10 nitrogen and oxygen atoms in total. The zero-order valence-corrected chi connectivity index (χ0v) is 28.3. The van der Waals surface area contributed by atoms with E-state index in [1.165, 1.54) is 24.3 Å². The Hall–Kier alpha value is -4.02. The highest BCUT2D eigenvalue weighted by atomic mass is 32.2. The van der Waals surface area contributed by atoms with Crippen molar-refractivity contribution in [2.75, 3.05) is 18.0 Å². The number of carbonyl (C=O) groups is 1. The van der Waals surface area contributed by atoms with Gasteiger partial charge in [-0.05, 0) is 81.8 Å². The number of hydrogen-bond acceptors (Lipinski definition) is 6. The molecule has 0 unspecified atom stereocenters. The van der Waals surface area contributed by atoms with Crippen LogP contribution in [0.15, 0.2) is 81.8 Å². The number of benzene rings is 2. The first-order valence-corrected chi connectivity index (χ1v) is 17.7. The minimum absolute atomic E-state index is 0.105. The van der Waals surface area contributed by atoms with Crippen LogP contribution in [0.5, 0.6) is 0 Å². The summed E-state index contributed by atoms with van der Waals surface area (Å²) in [5.74, 6) is 5.07. The van der Waals surface area contributed by atoms with Gasteiger partial charge in [-0.25, -0.2) is 0 Å². The van der Waals surface area contributed by atoms with Gasteiger partial charge < -0.3 is 10.0 Å². The Morgan fingerprint density at radius 3 is 2.11 bits per heavy atom. The number of fused-ring (bicyclic) bond motifs is 2. The summed E-state index contributed by atoms with van der Waals surface area (Å²) in [4.78, 5) is 12.8. The molecule has 2 aliphatic rings. The van der Waals surface area contributed by atoms with Crippen molar-refractivity contribution in [1.82, 2.24) is 0 Å². The molecule has 0 saturated carbocycles. The quantitative estimate of drug-likeness (QED) is 0.134. The van der Waals surface area contributed by atoms with E-state index < -0.39 is 37.0 Å². The first-order chi connectivity index (χ1) is 21.3. The number of carboxylic acid groups (broad SMARTS) is 1. The molecule has 0 amide bonds. The van der Waals surface area contributed by atoms with E-state index in [9.17, 15) is 30.7 Å². The van der Waals surface area contributed by atoms with Gasteiger partial charge in [0.15, 0.2) is 5.71 Å². The van der Waals surface area contributed by atoms with Gasteiger partial charge in [0.1, 0.15) is 6.54 Å². The maximum absolute atomic E-state index is 11.9. The van der Waals surface area contributed by atoms with Crippen molar-refractivity contribution in [3.63, 3.8) is 0 Å². The topological polar surface area (TPSA) is 152 Å². The Balaban J connectivity index is 1.81. The molecule has 3 N–H and O–H groups in total. The van der Waals surface area contributed by atoms with Gasteiger partial charge in [0, 0.05) is 53.0 Å². The Kier molecular flexibility index (Phi) is 9.58. The van der Waals surface area contributed by atoms with Gasteiger partial charge in [-0.1, -0.05) is 25.7 Å². The number of hydrogen-bond donors (Lipinski definition) is 3. The fourth-order valence-electron chi connectivity index (χ4n) is 6.12. The van der Waals surface area contributed by atoms with E-state index in [0.29, 0.717) is 18.7 Å². The third kappa shape index (κ3) is 6.73. The molecule has 244 valence electrons. The van der Waals surface area contributed by atoms with Crippen LogP contribution in [0, 0.1) is 11.8 Å². The number of allylic oxidation sites excluding steroid dienone is 6. The average Bonchev–Trinajstić information content (AvgIpc) is 3.32. The maximum atomic E-state index is 11.9. The fourth-order valence-corrected chi connectivity index (χ4v) is 7.14. The largest absolute Gasteiger partial charge is 0.481 e. The molecule has 0 radical (unpaired) electrons. The summed E-state index contributed by atoms with van der Waals surface area (Å²) < 4.78 is 68.9. The number of anilines is 1. The summed E-state index contributed by atoms with van der Waals surface area (Å²) >= 11 is 0. The molecule has 2 aromatic carbocycles. The summed E-state index contributed by atoms with van der Waals surface area (Å²) in [5, 5.41) is 9.08. The fraction of sp³-hybridized carbons (Fsp3) is 0.353. The van der Waals surface area contributed by atoms with Gasteiger partial charge in [0.2, 0.25) is 5.69 Å². The monoisotopic (exact) mass is 667 g/mol. The summed E-state index contributed by atoms with van der Waals surface area (Å²) in [6.45, 7) is 13.0. The smallest absolute Gasteiger partial charge is 0.304 e. The lowest BCUT2D eigenvalue weighted by atomic mass is 9.81. The molecule has 0 aromatic heterocycles. The van der Waals surface area contributed by atoms with Crippen LogP contribution in [0.4, 0.5) is 11.4 Å². The Labute approximate surface area is 271 Å². The predicted molar refractivity (Wildman–Crippen MR) is 177 cm³/mol. The maximum Gasteiger partial charge on any atom is 0.304 e. The summed E-state index contributed by atoms with van der Waals surface area (Å²) in [6, 6.07) is 9.12. The van der Waals surface area contributed by atoms with Crippen LogP contribution in [-0.2, 0) is 35.9 Å². The second-order valence-corrected chi connectivity index (χ2v) is 15.0. The molecule has 4 rings (SSSR count). The molecule has 0 spiro atoms. The molecule has 0 atom stereocenters. The van der Waals surface area contributed by atoms with Crippen molar-refractivity contribution >= 4 is 43.3 Å². The second-order valence-electron chi connectivity index (χ2n) is 12.1. The van der Waals surface area contributed by atoms with Crippen LogP contribution in [-0.4, -0.2) is 60.4 Å². The van der Waals surface area contributed by atoms with Crippen LogP contribution in [0.3, 0.4) is 0 Å². The highest BCUT2D eigenvalue weighted by molar-refractivity contribution is 7.86. The lowest BCUT2D eigenvalue weighted by Crippen LogP contribution is -2.27. The molecule has 2 aliphatic heterocycles. The summed E-state index contributed by atoms with van der Waals surface area (Å²) in [7, 11) is -8.78. The molecule has 0 saturated heterocycles. The molecular weight excluding hydrogens is 629 g/mol. The number of likely N-dealkylation sites (N-methyl/N-ethyl adjacent to an activating group) is 1. The first-order valence-electron chi connectivity index (χ1n) is 14.8. The van der Waals surface area contributed by atoms with Crippen molar-refractivity contribution < 1.29 is 40.4 Å². The van der Waals surface area contributed by atoms with E-state index in [1.54, 1.807) is 12.1 Å². The number of carboxylic acids is 1. The second kappa shape index (κ2) is 12.6. The molecule has 0 bridgehead atoms. The van der Waals surface area contributed by atoms with Crippen LogP contribution in [0.25, 0.3) is 0 Å². The number of rotatable bonds is 9. The van der Waals surface area contributed by atoms with Crippen LogP contribution in [0.2, 0.25) is 0 Å². The average molecular weight is 668 g/mol. The zero-order chi connectivity index (χ0) is 34.2. The van der Waals surface area contributed by atoms with E-state index >= 15 is 0 Å². The third-order valence-corrected chi connectivity index (χ3v) is 10.2. The van der Waals surface area contributed by atoms with Gasteiger partial charge in [-0.3, -0.25) is 13.9 Å². The van der Waals surface area contributed by atoms with Crippen LogP contribution < -0.4 is 4.90 Å². The predicted octanol–water partition coefficient (Wildman–Crippen LogP) is 5.63. The van der Waals surface area contributed by atoms with Crippen molar-refractivity contribution in [2.45, 2.75) is 75.0 Å². The normalized spacial score (nSPS) is 18.1. The van der Waals surface area contributed by atoms with Crippen LogP contribution in [0.1, 0.15) is 65.5 Å². The number of nitrogens with zero attached hydrogens (tertiary/aromatic N) is 2. The van der Waals surface area contributed by atoms with Gasteiger partial charge >= 0.3 is 5.97 Å². The van der Waals surface area contributed by atoms with Crippen molar-refractivity contribution in [3.05, 3.63) is 83.1 Å². The Morgan fingerprint density at radius 2 is 1.54 bits per heavy atom. The third-order valence-electron chi connectivity index (χ3n) is 8.49. The summed E-state index contributed by atoms with van der Waals surface area (Å²) in [5.41, 5.74) is 4.25. The SMILES string of the molecule is CCN1/C(=C/C=C(C#CCCC(=O)O)/C=C/C2=[N+](CC)c3ccc(S(=O)(=O)O)cc3C2(C)C)C(C)(C)c2cc(S(=O)(=O)O)ccc21.